The second-order valence-electron chi connectivity index (χ2n) is 8.36. The van der Waals surface area contributed by atoms with E-state index in [9.17, 15) is 9.90 Å². The molecule has 34 heavy (non-hydrogen) atoms. The molecule has 3 aromatic carbocycles. The lowest BCUT2D eigenvalue weighted by Gasteiger charge is -2.14. The number of nitrogens with one attached hydrogen (secondary N) is 1. The number of aliphatic hydroxyl groups is 1. The number of aryl methyl sites for hydroxylation is 2. The summed E-state index contributed by atoms with van der Waals surface area (Å²) in [4.78, 5) is 12.1. The highest BCUT2D eigenvalue weighted by atomic mass is 16.5. The van der Waals surface area contributed by atoms with E-state index in [1.165, 1.54) is 5.56 Å². The van der Waals surface area contributed by atoms with Gasteiger partial charge in [0.25, 0.3) is 0 Å². The summed E-state index contributed by atoms with van der Waals surface area (Å²) < 4.78 is 14.4. The number of benzene rings is 3. The van der Waals surface area contributed by atoms with Crippen molar-refractivity contribution >= 4 is 11.0 Å². The third kappa shape index (κ3) is 5.16. The fourth-order valence-electron chi connectivity index (χ4n) is 4.07. The molecule has 1 unspecified atom stereocenters. The van der Waals surface area contributed by atoms with Crippen LogP contribution < -0.4 is 20.5 Å². The average molecular weight is 462 g/mol. The van der Waals surface area contributed by atoms with E-state index < -0.39 is 6.10 Å². The lowest BCUT2D eigenvalue weighted by Crippen LogP contribution is -2.19. The molecule has 0 amide bonds. The zero-order valence-corrected chi connectivity index (χ0v) is 19.8. The molecule has 0 spiro atoms. The predicted molar refractivity (Wildman–Crippen MR) is 133 cm³/mol. The van der Waals surface area contributed by atoms with Crippen molar-refractivity contribution in [3.8, 4) is 11.5 Å². The maximum atomic E-state index is 12.1. The number of rotatable bonds is 10. The smallest absolute Gasteiger partial charge is 0.328 e. The van der Waals surface area contributed by atoms with Crippen LogP contribution in [0.5, 0.6) is 11.5 Å². The standard InChI is InChI=1S/C27H31N3O4/c1-29-23-13-10-21(16-24(23)30(2)27(29)32)25(31)18-34-22-11-8-19(9-12-22)17-28-15-14-20-6-4-5-7-26(20)33-3/h4-13,16,25,28,31H,14-15,17-18H2,1-3H3. The minimum atomic E-state index is -0.795. The van der Waals surface area contributed by atoms with Crippen LogP contribution >= 0.6 is 0 Å². The number of aromatic nitrogens is 2. The molecule has 4 aromatic rings. The SMILES string of the molecule is COc1ccccc1CCNCc1ccc(OCC(O)c2ccc3c(c2)n(C)c(=O)n3C)cc1. The number of ether oxygens (including phenoxy) is 2. The van der Waals surface area contributed by atoms with Crippen molar-refractivity contribution in [1.82, 2.24) is 14.5 Å². The van der Waals surface area contributed by atoms with Crippen LogP contribution in [0.3, 0.4) is 0 Å². The van der Waals surface area contributed by atoms with Gasteiger partial charge in [0.2, 0.25) is 0 Å². The number of imidazole rings is 1. The molecule has 0 saturated heterocycles. The number of para-hydroxylation sites is 1. The van der Waals surface area contributed by atoms with Gasteiger partial charge in [-0.25, -0.2) is 4.79 Å². The highest BCUT2D eigenvalue weighted by Gasteiger charge is 2.13. The van der Waals surface area contributed by atoms with Crippen molar-refractivity contribution in [2.45, 2.75) is 19.1 Å². The molecule has 178 valence electrons. The Bertz CT molecular complexity index is 1310. The molecule has 1 heterocycles. The number of hydrogen-bond acceptors (Lipinski definition) is 5. The summed E-state index contributed by atoms with van der Waals surface area (Å²) in [5.74, 6) is 1.62. The molecule has 0 aliphatic carbocycles. The lowest BCUT2D eigenvalue weighted by molar-refractivity contribution is 0.108. The van der Waals surface area contributed by atoms with Gasteiger partial charge >= 0.3 is 5.69 Å². The van der Waals surface area contributed by atoms with E-state index >= 15 is 0 Å². The quantitative estimate of drug-likeness (QED) is 0.354. The second kappa shape index (κ2) is 10.6. The molecule has 0 aliphatic rings. The molecule has 1 aromatic heterocycles. The Morgan fingerprint density at radius 2 is 1.71 bits per heavy atom. The number of fused-ring (bicyclic) bond motifs is 1. The molecule has 7 heteroatoms. The van der Waals surface area contributed by atoms with Crippen molar-refractivity contribution in [2.75, 3.05) is 20.3 Å². The van der Waals surface area contributed by atoms with Crippen LogP contribution in [0.15, 0.2) is 71.5 Å². The molecular weight excluding hydrogens is 430 g/mol. The normalized spacial score (nSPS) is 12.1. The van der Waals surface area contributed by atoms with Gasteiger partial charge in [-0.3, -0.25) is 9.13 Å². The zero-order valence-electron chi connectivity index (χ0n) is 19.8. The third-order valence-electron chi connectivity index (χ3n) is 6.10. The molecule has 0 bridgehead atoms. The molecule has 1 atom stereocenters. The summed E-state index contributed by atoms with van der Waals surface area (Å²) in [7, 11) is 5.16. The van der Waals surface area contributed by atoms with Gasteiger partial charge in [0, 0.05) is 20.6 Å². The second-order valence-corrected chi connectivity index (χ2v) is 8.36. The highest BCUT2D eigenvalue weighted by Crippen LogP contribution is 2.21. The van der Waals surface area contributed by atoms with Crippen molar-refractivity contribution in [1.29, 1.82) is 0 Å². The van der Waals surface area contributed by atoms with E-state index in [4.69, 9.17) is 9.47 Å². The molecule has 4 rings (SSSR count). The van der Waals surface area contributed by atoms with Crippen molar-refractivity contribution in [3.05, 3.63) is 93.9 Å². The van der Waals surface area contributed by atoms with E-state index in [2.05, 4.69) is 11.4 Å². The largest absolute Gasteiger partial charge is 0.496 e. The van der Waals surface area contributed by atoms with Crippen LogP contribution in [0.1, 0.15) is 22.8 Å². The topological polar surface area (TPSA) is 77.7 Å². The zero-order chi connectivity index (χ0) is 24.1. The number of nitrogens with zero attached hydrogens (tertiary/aromatic N) is 2. The number of hydrogen-bond donors (Lipinski definition) is 2. The first-order valence-corrected chi connectivity index (χ1v) is 11.4. The number of aliphatic hydroxyl groups excluding tert-OH is 1. The summed E-state index contributed by atoms with van der Waals surface area (Å²) in [5, 5.41) is 14.1. The van der Waals surface area contributed by atoms with Gasteiger partial charge in [0.1, 0.15) is 24.2 Å². The molecule has 0 aliphatic heterocycles. The Morgan fingerprint density at radius 3 is 2.47 bits per heavy atom. The molecule has 0 fully saturated rings. The van der Waals surface area contributed by atoms with Gasteiger partial charge in [-0.15, -0.1) is 0 Å². The Balaban J connectivity index is 1.27. The van der Waals surface area contributed by atoms with Crippen LogP contribution in [-0.4, -0.2) is 34.5 Å². The Labute approximate surface area is 199 Å². The summed E-state index contributed by atoms with van der Waals surface area (Å²) in [6.07, 6.45) is 0.0995. The Kier molecular flexibility index (Phi) is 7.35. The first-order chi connectivity index (χ1) is 16.5. The van der Waals surface area contributed by atoms with E-state index in [0.717, 1.165) is 41.9 Å². The maximum Gasteiger partial charge on any atom is 0.328 e. The molecule has 2 N–H and O–H groups in total. The van der Waals surface area contributed by atoms with Crippen LogP contribution in [0.25, 0.3) is 11.0 Å². The predicted octanol–water partition coefficient (Wildman–Crippen LogP) is 3.33. The fraction of sp³-hybridized carbons (Fsp3) is 0.296. The first-order valence-electron chi connectivity index (χ1n) is 11.4. The highest BCUT2D eigenvalue weighted by molar-refractivity contribution is 5.77. The molecule has 7 nitrogen and oxygen atoms in total. The summed E-state index contributed by atoms with van der Waals surface area (Å²) >= 11 is 0. The number of methoxy groups -OCH3 is 1. The Morgan fingerprint density at radius 1 is 0.971 bits per heavy atom. The van der Waals surface area contributed by atoms with E-state index in [1.807, 2.05) is 60.7 Å². The Hall–Kier alpha value is -3.55. The molecule has 0 saturated carbocycles. The van der Waals surface area contributed by atoms with Crippen molar-refractivity contribution in [2.24, 2.45) is 14.1 Å². The van der Waals surface area contributed by atoms with Crippen LogP contribution in [0, 0.1) is 0 Å². The lowest BCUT2D eigenvalue weighted by atomic mass is 10.1. The fourth-order valence-corrected chi connectivity index (χ4v) is 4.07. The monoisotopic (exact) mass is 461 g/mol. The minimum absolute atomic E-state index is 0.0905. The van der Waals surface area contributed by atoms with Crippen LogP contribution in [0.2, 0.25) is 0 Å². The van der Waals surface area contributed by atoms with Gasteiger partial charge in [-0.1, -0.05) is 36.4 Å². The van der Waals surface area contributed by atoms with Gasteiger partial charge in [0.15, 0.2) is 0 Å². The summed E-state index contributed by atoms with van der Waals surface area (Å²) in [6, 6.07) is 21.4. The molecule has 0 radical (unpaired) electrons. The molecular formula is C27H31N3O4. The van der Waals surface area contributed by atoms with Gasteiger partial charge in [-0.05, 0) is 60.0 Å². The summed E-state index contributed by atoms with van der Waals surface area (Å²) in [6.45, 7) is 1.73. The third-order valence-corrected chi connectivity index (χ3v) is 6.10. The maximum absolute atomic E-state index is 12.1. The van der Waals surface area contributed by atoms with Gasteiger partial charge in [-0.2, -0.15) is 0 Å². The average Bonchev–Trinajstić information content (AvgIpc) is 3.09. The van der Waals surface area contributed by atoms with E-state index in [-0.39, 0.29) is 12.3 Å². The van der Waals surface area contributed by atoms with Crippen LogP contribution in [-0.2, 0) is 27.1 Å². The van der Waals surface area contributed by atoms with Crippen LogP contribution in [0.4, 0.5) is 0 Å². The van der Waals surface area contributed by atoms with Gasteiger partial charge < -0.3 is 19.9 Å². The van der Waals surface area contributed by atoms with Gasteiger partial charge in [0.05, 0.1) is 18.1 Å². The van der Waals surface area contributed by atoms with E-state index in [0.29, 0.717) is 11.3 Å². The first kappa shape index (κ1) is 23.6. The van der Waals surface area contributed by atoms with Crippen molar-refractivity contribution < 1.29 is 14.6 Å². The van der Waals surface area contributed by atoms with Crippen molar-refractivity contribution in [3.63, 3.8) is 0 Å². The minimum Gasteiger partial charge on any atom is -0.496 e. The summed E-state index contributed by atoms with van der Waals surface area (Å²) in [5.41, 5.74) is 4.58. The van der Waals surface area contributed by atoms with E-state index in [1.54, 1.807) is 30.3 Å².